The molecule has 1 atom stereocenters. The lowest BCUT2D eigenvalue weighted by Gasteiger charge is -2.03. The van der Waals surface area contributed by atoms with Gasteiger partial charge in [-0.25, -0.2) is 0 Å². The number of aromatic nitrogens is 2. The van der Waals surface area contributed by atoms with Gasteiger partial charge in [-0.2, -0.15) is 4.98 Å². The molecule has 0 spiro atoms. The van der Waals surface area contributed by atoms with Gasteiger partial charge in [0.25, 0.3) is 0 Å². The molecule has 0 fully saturated rings. The third-order valence-corrected chi connectivity index (χ3v) is 3.73. The zero-order valence-corrected chi connectivity index (χ0v) is 12.8. The summed E-state index contributed by atoms with van der Waals surface area (Å²) in [6.07, 6.45) is 1.93. The minimum atomic E-state index is 0.244. The summed E-state index contributed by atoms with van der Waals surface area (Å²) in [6, 6.07) is 6.08. The van der Waals surface area contributed by atoms with Crippen LogP contribution in [0.4, 0.5) is 0 Å². The quantitative estimate of drug-likeness (QED) is 0.912. The maximum Gasteiger partial charge on any atom is 0.229 e. The average molecular weight is 324 g/mol. The minimum absolute atomic E-state index is 0.244. The topological polar surface area (TPSA) is 64.9 Å². The second-order valence-corrected chi connectivity index (χ2v) is 5.63. The second kappa shape index (κ2) is 6.30. The highest BCUT2D eigenvalue weighted by molar-refractivity contribution is 9.10. The molecule has 102 valence electrons. The normalized spacial score (nSPS) is 12.6. The molecule has 0 aliphatic carbocycles. The molecule has 0 aliphatic heterocycles. The molecule has 0 radical (unpaired) electrons. The Morgan fingerprint density at radius 2 is 2.21 bits per heavy atom. The van der Waals surface area contributed by atoms with E-state index in [4.69, 9.17) is 10.3 Å². The highest BCUT2D eigenvalue weighted by Gasteiger charge is 2.16. The molecule has 0 saturated carbocycles. The monoisotopic (exact) mass is 323 g/mol. The molecular weight excluding hydrogens is 306 g/mol. The Kier molecular flexibility index (Phi) is 4.71. The van der Waals surface area contributed by atoms with Crippen LogP contribution in [-0.2, 0) is 0 Å². The van der Waals surface area contributed by atoms with Crippen LogP contribution in [-0.4, -0.2) is 16.7 Å². The minimum Gasteiger partial charge on any atom is -0.339 e. The lowest BCUT2D eigenvalue weighted by Crippen LogP contribution is -2.02. The number of aryl methyl sites for hydroxylation is 1. The van der Waals surface area contributed by atoms with Crippen LogP contribution in [0, 0.1) is 6.92 Å². The van der Waals surface area contributed by atoms with Crippen molar-refractivity contribution in [2.45, 2.75) is 32.6 Å². The SMILES string of the molecule is Cc1ccc(-c2noc(C(C)CCCN)n2)c(Br)c1. The van der Waals surface area contributed by atoms with Gasteiger partial charge in [0.05, 0.1) is 0 Å². The first-order valence-electron chi connectivity index (χ1n) is 6.42. The summed E-state index contributed by atoms with van der Waals surface area (Å²) in [5, 5.41) is 4.06. The Bertz CT molecular complexity index is 553. The highest BCUT2D eigenvalue weighted by atomic mass is 79.9. The number of hydrogen-bond donors (Lipinski definition) is 1. The zero-order chi connectivity index (χ0) is 13.8. The van der Waals surface area contributed by atoms with Crippen molar-refractivity contribution in [1.82, 2.24) is 10.1 Å². The number of benzene rings is 1. The van der Waals surface area contributed by atoms with Crippen molar-refractivity contribution in [2.75, 3.05) is 6.54 Å². The van der Waals surface area contributed by atoms with Crippen molar-refractivity contribution in [1.29, 1.82) is 0 Å². The third kappa shape index (κ3) is 3.42. The number of hydrogen-bond acceptors (Lipinski definition) is 4. The maximum absolute atomic E-state index is 5.51. The summed E-state index contributed by atoms with van der Waals surface area (Å²) in [4.78, 5) is 4.48. The molecule has 4 nitrogen and oxygen atoms in total. The predicted octanol–water partition coefficient (Wildman–Crippen LogP) is 3.65. The first kappa shape index (κ1) is 14.2. The molecule has 0 bridgehead atoms. The Morgan fingerprint density at radius 1 is 1.42 bits per heavy atom. The molecule has 1 heterocycles. The lowest BCUT2D eigenvalue weighted by atomic mass is 10.1. The summed E-state index contributed by atoms with van der Waals surface area (Å²) in [6.45, 7) is 4.82. The maximum atomic E-state index is 5.51. The van der Waals surface area contributed by atoms with Gasteiger partial charge in [-0.15, -0.1) is 0 Å². The molecule has 5 heteroatoms. The van der Waals surface area contributed by atoms with Crippen LogP contribution in [0.15, 0.2) is 27.2 Å². The highest BCUT2D eigenvalue weighted by Crippen LogP contribution is 2.28. The van der Waals surface area contributed by atoms with Gasteiger partial charge >= 0.3 is 0 Å². The standard InChI is InChI=1S/C14H18BrN3O/c1-9-5-6-11(12(15)8-9)13-17-14(19-18-13)10(2)4-3-7-16/h5-6,8,10H,3-4,7,16H2,1-2H3. The summed E-state index contributed by atoms with van der Waals surface area (Å²) in [7, 11) is 0. The molecule has 0 saturated heterocycles. The van der Waals surface area contributed by atoms with E-state index in [2.05, 4.69) is 33.0 Å². The van der Waals surface area contributed by atoms with E-state index < -0.39 is 0 Å². The molecule has 1 aromatic heterocycles. The predicted molar refractivity (Wildman–Crippen MR) is 78.9 cm³/mol. The average Bonchev–Trinajstić information content (AvgIpc) is 2.85. The van der Waals surface area contributed by atoms with Gasteiger partial charge in [-0.3, -0.25) is 0 Å². The number of nitrogens with zero attached hydrogens (tertiary/aromatic N) is 2. The van der Waals surface area contributed by atoms with Gasteiger partial charge in [-0.05, 0) is 44.0 Å². The van der Waals surface area contributed by atoms with Gasteiger partial charge in [0.15, 0.2) is 0 Å². The van der Waals surface area contributed by atoms with Gasteiger partial charge < -0.3 is 10.3 Å². The molecule has 19 heavy (non-hydrogen) atoms. The fourth-order valence-corrected chi connectivity index (χ4v) is 2.56. The lowest BCUT2D eigenvalue weighted by molar-refractivity contribution is 0.352. The van der Waals surface area contributed by atoms with E-state index >= 15 is 0 Å². The van der Waals surface area contributed by atoms with Crippen LogP contribution in [0.3, 0.4) is 0 Å². The van der Waals surface area contributed by atoms with Crippen LogP contribution in [0.1, 0.15) is 37.1 Å². The van der Waals surface area contributed by atoms with Crippen molar-refractivity contribution in [3.05, 3.63) is 34.1 Å². The summed E-state index contributed by atoms with van der Waals surface area (Å²) in [5.74, 6) is 1.55. The number of nitrogens with two attached hydrogens (primary N) is 1. The van der Waals surface area contributed by atoms with E-state index in [-0.39, 0.29) is 5.92 Å². The third-order valence-electron chi connectivity index (χ3n) is 3.07. The molecule has 1 unspecified atom stereocenters. The van der Waals surface area contributed by atoms with Crippen molar-refractivity contribution in [3.63, 3.8) is 0 Å². The molecule has 0 amide bonds. The van der Waals surface area contributed by atoms with Gasteiger partial charge in [0.1, 0.15) is 0 Å². The van der Waals surface area contributed by atoms with Crippen molar-refractivity contribution >= 4 is 15.9 Å². The van der Waals surface area contributed by atoms with E-state index in [1.807, 2.05) is 25.1 Å². The first-order chi connectivity index (χ1) is 9.11. The van der Waals surface area contributed by atoms with Gasteiger partial charge in [0.2, 0.25) is 11.7 Å². The molecular formula is C14H18BrN3O. The van der Waals surface area contributed by atoms with Crippen molar-refractivity contribution < 1.29 is 4.52 Å². The fraction of sp³-hybridized carbons (Fsp3) is 0.429. The number of halogens is 1. The molecule has 2 aromatic rings. The van der Waals surface area contributed by atoms with Crippen LogP contribution in [0.25, 0.3) is 11.4 Å². The Labute approximate surface area is 121 Å². The van der Waals surface area contributed by atoms with Crippen LogP contribution in [0.2, 0.25) is 0 Å². The largest absolute Gasteiger partial charge is 0.339 e. The van der Waals surface area contributed by atoms with E-state index in [1.54, 1.807) is 0 Å². The Hall–Kier alpha value is -1.20. The van der Waals surface area contributed by atoms with Crippen LogP contribution in [0.5, 0.6) is 0 Å². The summed E-state index contributed by atoms with van der Waals surface area (Å²) < 4.78 is 6.32. The van der Waals surface area contributed by atoms with Gasteiger partial charge in [0, 0.05) is 16.0 Å². The molecule has 2 N–H and O–H groups in total. The van der Waals surface area contributed by atoms with E-state index in [0.29, 0.717) is 18.3 Å². The smallest absolute Gasteiger partial charge is 0.229 e. The Morgan fingerprint density at radius 3 is 2.89 bits per heavy atom. The summed E-state index contributed by atoms with van der Waals surface area (Å²) >= 11 is 3.53. The van der Waals surface area contributed by atoms with Crippen molar-refractivity contribution in [2.24, 2.45) is 5.73 Å². The van der Waals surface area contributed by atoms with E-state index in [0.717, 1.165) is 22.9 Å². The van der Waals surface area contributed by atoms with Crippen molar-refractivity contribution in [3.8, 4) is 11.4 Å². The van der Waals surface area contributed by atoms with Crippen LogP contribution < -0.4 is 5.73 Å². The fourth-order valence-electron chi connectivity index (χ4n) is 1.89. The van der Waals surface area contributed by atoms with E-state index in [1.165, 1.54) is 5.56 Å². The molecule has 0 aliphatic rings. The number of rotatable bonds is 5. The molecule has 2 rings (SSSR count). The Balaban J connectivity index is 2.20. The van der Waals surface area contributed by atoms with Gasteiger partial charge in [-0.1, -0.05) is 34.1 Å². The second-order valence-electron chi connectivity index (χ2n) is 4.77. The van der Waals surface area contributed by atoms with Crippen LogP contribution >= 0.6 is 15.9 Å². The summed E-state index contributed by atoms with van der Waals surface area (Å²) in [5.41, 5.74) is 7.65. The van der Waals surface area contributed by atoms with E-state index in [9.17, 15) is 0 Å². The zero-order valence-electron chi connectivity index (χ0n) is 11.2. The first-order valence-corrected chi connectivity index (χ1v) is 7.21. The molecule has 1 aromatic carbocycles.